The van der Waals surface area contributed by atoms with Crippen LogP contribution in [0.2, 0.25) is 0 Å². The van der Waals surface area contributed by atoms with Gasteiger partial charge in [-0.1, -0.05) is 0 Å². The van der Waals surface area contributed by atoms with Crippen LogP contribution in [-0.2, 0) is 9.53 Å². The average molecular weight is 246 g/mol. The Balaban J connectivity index is 3.72. The molecule has 17 heavy (non-hydrogen) atoms. The molecule has 0 aliphatic rings. The van der Waals surface area contributed by atoms with Crippen molar-refractivity contribution in [2.75, 3.05) is 40.9 Å². The first-order valence-electron chi connectivity index (χ1n) is 6.06. The van der Waals surface area contributed by atoms with Gasteiger partial charge < -0.3 is 20.1 Å². The van der Waals surface area contributed by atoms with Gasteiger partial charge in [-0.3, -0.25) is 4.79 Å². The lowest BCUT2D eigenvalue weighted by molar-refractivity contribution is -0.144. The van der Waals surface area contributed by atoms with Gasteiger partial charge in [-0.25, -0.2) is 0 Å². The van der Waals surface area contributed by atoms with Crippen LogP contribution >= 0.6 is 0 Å². The Labute approximate surface area is 104 Å². The fourth-order valence-electron chi connectivity index (χ4n) is 1.56. The monoisotopic (exact) mass is 246 g/mol. The van der Waals surface area contributed by atoms with Crippen molar-refractivity contribution < 1.29 is 14.6 Å². The van der Waals surface area contributed by atoms with Crippen molar-refractivity contribution >= 4 is 5.97 Å². The van der Waals surface area contributed by atoms with Crippen LogP contribution in [0.3, 0.4) is 0 Å². The summed E-state index contributed by atoms with van der Waals surface area (Å²) < 4.78 is 4.99. The summed E-state index contributed by atoms with van der Waals surface area (Å²) in [5.41, 5.74) is -0.800. The fraction of sp³-hybridized carbons (Fsp3) is 0.917. The SMILES string of the molecule is CNC(C)(CCCCN(C)CCOC)C(=O)O. The Morgan fingerprint density at radius 3 is 2.53 bits per heavy atom. The van der Waals surface area contributed by atoms with E-state index in [1.165, 1.54) is 0 Å². The smallest absolute Gasteiger partial charge is 0.323 e. The van der Waals surface area contributed by atoms with E-state index in [-0.39, 0.29) is 0 Å². The minimum Gasteiger partial charge on any atom is -0.480 e. The first-order chi connectivity index (χ1) is 7.96. The van der Waals surface area contributed by atoms with E-state index in [0.717, 1.165) is 32.5 Å². The second-order valence-corrected chi connectivity index (χ2v) is 4.64. The Morgan fingerprint density at radius 1 is 1.41 bits per heavy atom. The molecule has 1 unspecified atom stereocenters. The molecule has 0 aromatic heterocycles. The molecule has 0 aliphatic heterocycles. The number of methoxy groups -OCH3 is 1. The maximum absolute atomic E-state index is 11.0. The van der Waals surface area contributed by atoms with Gasteiger partial charge in [0.25, 0.3) is 0 Å². The zero-order valence-corrected chi connectivity index (χ0v) is 11.5. The van der Waals surface area contributed by atoms with Gasteiger partial charge in [0.2, 0.25) is 0 Å². The lowest BCUT2D eigenvalue weighted by Crippen LogP contribution is -2.47. The quantitative estimate of drug-likeness (QED) is 0.558. The molecule has 0 radical (unpaired) electrons. The van der Waals surface area contributed by atoms with E-state index in [4.69, 9.17) is 9.84 Å². The van der Waals surface area contributed by atoms with Crippen LogP contribution in [0.5, 0.6) is 0 Å². The normalized spacial score (nSPS) is 14.9. The summed E-state index contributed by atoms with van der Waals surface area (Å²) in [4.78, 5) is 13.2. The predicted molar refractivity (Wildman–Crippen MR) is 68.3 cm³/mol. The number of carboxylic acid groups (broad SMARTS) is 1. The Kier molecular flexibility index (Phi) is 8.12. The lowest BCUT2D eigenvalue weighted by Gasteiger charge is -2.24. The molecule has 2 N–H and O–H groups in total. The molecule has 102 valence electrons. The third-order valence-electron chi connectivity index (χ3n) is 3.17. The van der Waals surface area contributed by atoms with Crippen LogP contribution in [-0.4, -0.2) is 62.4 Å². The highest BCUT2D eigenvalue weighted by Crippen LogP contribution is 2.13. The summed E-state index contributed by atoms with van der Waals surface area (Å²) in [6.07, 6.45) is 2.56. The summed E-state index contributed by atoms with van der Waals surface area (Å²) in [5, 5.41) is 11.9. The second-order valence-electron chi connectivity index (χ2n) is 4.64. The Hall–Kier alpha value is -0.650. The van der Waals surface area contributed by atoms with Crippen LogP contribution in [0, 0.1) is 0 Å². The van der Waals surface area contributed by atoms with Crippen LogP contribution in [0.1, 0.15) is 26.2 Å². The van der Waals surface area contributed by atoms with E-state index in [1.807, 2.05) is 7.05 Å². The molecular formula is C12H26N2O3. The summed E-state index contributed by atoms with van der Waals surface area (Å²) in [5.74, 6) is -0.785. The van der Waals surface area contributed by atoms with Gasteiger partial charge in [-0.2, -0.15) is 0 Å². The summed E-state index contributed by atoms with van der Waals surface area (Å²) >= 11 is 0. The van der Waals surface area contributed by atoms with Crippen molar-refractivity contribution in [2.45, 2.75) is 31.7 Å². The molecule has 5 heteroatoms. The van der Waals surface area contributed by atoms with Crippen LogP contribution in [0.25, 0.3) is 0 Å². The zero-order valence-electron chi connectivity index (χ0n) is 11.5. The zero-order chi connectivity index (χ0) is 13.3. The molecule has 0 spiro atoms. The van der Waals surface area contributed by atoms with Gasteiger partial charge in [-0.15, -0.1) is 0 Å². The number of unbranched alkanes of at least 4 members (excludes halogenated alkanes) is 1. The Bertz CT molecular complexity index is 224. The maximum Gasteiger partial charge on any atom is 0.323 e. The van der Waals surface area contributed by atoms with Crippen molar-refractivity contribution in [2.24, 2.45) is 0 Å². The van der Waals surface area contributed by atoms with Crippen LogP contribution in [0.15, 0.2) is 0 Å². The lowest BCUT2D eigenvalue weighted by atomic mass is 9.95. The standard InChI is InChI=1S/C12H26N2O3/c1-12(13-2,11(15)16)7-5-6-8-14(3)9-10-17-4/h13H,5-10H2,1-4H3,(H,15,16). The minimum atomic E-state index is -0.800. The molecule has 0 aromatic carbocycles. The number of nitrogens with one attached hydrogen (secondary N) is 1. The highest BCUT2D eigenvalue weighted by Gasteiger charge is 2.29. The van der Waals surface area contributed by atoms with Gasteiger partial charge in [0.1, 0.15) is 5.54 Å². The molecule has 0 fully saturated rings. The van der Waals surface area contributed by atoms with Crippen LogP contribution < -0.4 is 5.32 Å². The molecule has 0 aromatic rings. The first-order valence-corrected chi connectivity index (χ1v) is 6.06. The summed E-state index contributed by atoms with van der Waals surface area (Å²) in [6.45, 7) is 4.35. The number of ether oxygens (including phenoxy) is 1. The van der Waals surface area contributed by atoms with Gasteiger partial charge in [0.15, 0.2) is 0 Å². The van der Waals surface area contributed by atoms with Crippen LogP contribution in [0.4, 0.5) is 0 Å². The van der Waals surface area contributed by atoms with Gasteiger partial charge >= 0.3 is 5.97 Å². The molecule has 5 nitrogen and oxygen atoms in total. The van der Waals surface area contributed by atoms with Gasteiger partial charge in [0.05, 0.1) is 6.61 Å². The summed E-state index contributed by atoms with van der Waals surface area (Å²) in [7, 11) is 5.44. The largest absolute Gasteiger partial charge is 0.480 e. The molecule has 0 heterocycles. The number of hydrogen-bond acceptors (Lipinski definition) is 4. The second kappa shape index (κ2) is 8.44. The third kappa shape index (κ3) is 6.61. The fourth-order valence-corrected chi connectivity index (χ4v) is 1.56. The van der Waals surface area contributed by atoms with E-state index in [2.05, 4.69) is 10.2 Å². The first kappa shape index (κ1) is 16.4. The molecule has 1 atom stereocenters. The van der Waals surface area contributed by atoms with E-state index in [0.29, 0.717) is 6.42 Å². The molecule has 0 rings (SSSR count). The van der Waals surface area contributed by atoms with Crippen molar-refractivity contribution in [3.8, 4) is 0 Å². The molecule has 0 saturated carbocycles. The van der Waals surface area contributed by atoms with Crippen molar-refractivity contribution in [1.82, 2.24) is 10.2 Å². The maximum atomic E-state index is 11.0. The number of likely N-dealkylation sites (N-methyl/N-ethyl adjacent to an activating group) is 2. The van der Waals surface area contributed by atoms with E-state index >= 15 is 0 Å². The number of rotatable bonds is 10. The number of hydrogen-bond donors (Lipinski definition) is 2. The molecule has 0 bridgehead atoms. The topological polar surface area (TPSA) is 61.8 Å². The Morgan fingerprint density at radius 2 is 2.06 bits per heavy atom. The molecule has 0 amide bonds. The number of carboxylic acids is 1. The average Bonchev–Trinajstić information content (AvgIpc) is 2.31. The van der Waals surface area contributed by atoms with E-state index in [9.17, 15) is 4.79 Å². The van der Waals surface area contributed by atoms with Gasteiger partial charge in [0, 0.05) is 13.7 Å². The number of carbonyl (C=O) groups is 1. The number of aliphatic carboxylic acids is 1. The predicted octanol–water partition coefficient (Wildman–Crippen LogP) is 0.798. The summed E-state index contributed by atoms with van der Waals surface area (Å²) in [6, 6.07) is 0. The van der Waals surface area contributed by atoms with E-state index in [1.54, 1.807) is 21.1 Å². The highest BCUT2D eigenvalue weighted by atomic mass is 16.5. The van der Waals surface area contributed by atoms with Crippen molar-refractivity contribution in [1.29, 1.82) is 0 Å². The van der Waals surface area contributed by atoms with Crippen molar-refractivity contribution in [3.05, 3.63) is 0 Å². The van der Waals surface area contributed by atoms with Gasteiger partial charge in [-0.05, 0) is 46.8 Å². The molecule has 0 aliphatic carbocycles. The van der Waals surface area contributed by atoms with E-state index < -0.39 is 11.5 Å². The third-order valence-corrected chi connectivity index (χ3v) is 3.17. The highest BCUT2D eigenvalue weighted by molar-refractivity contribution is 5.78. The number of nitrogens with zero attached hydrogens (tertiary/aromatic N) is 1. The molecular weight excluding hydrogens is 220 g/mol. The molecule has 0 saturated heterocycles. The minimum absolute atomic E-state index is 0.650. The van der Waals surface area contributed by atoms with Crippen molar-refractivity contribution in [3.63, 3.8) is 0 Å².